The Kier molecular flexibility index (Phi) is 6.07. The monoisotopic (exact) mass is 329 g/mol. The van der Waals surface area contributed by atoms with Gasteiger partial charge in [0.1, 0.15) is 0 Å². The van der Waals surface area contributed by atoms with Crippen molar-refractivity contribution in [1.29, 1.82) is 0 Å². The van der Waals surface area contributed by atoms with Gasteiger partial charge in [-0.15, -0.1) is 0 Å². The third-order valence-electron chi connectivity index (χ3n) is 3.78. The first-order valence-electron chi connectivity index (χ1n) is 7.73. The third-order valence-corrected chi connectivity index (χ3v) is 3.78. The Bertz CT molecular complexity index is 687. The Hall–Kier alpha value is -2.69. The molecule has 0 aliphatic rings. The number of aryl methyl sites for hydroxylation is 2. The highest BCUT2D eigenvalue weighted by atomic mass is 16.5. The molecule has 0 aliphatic carbocycles. The molecule has 0 radical (unpaired) electrons. The van der Waals surface area contributed by atoms with E-state index >= 15 is 0 Å². The quantitative estimate of drug-likeness (QED) is 0.843. The molecule has 2 aromatic rings. The molecule has 0 saturated heterocycles. The zero-order valence-electron chi connectivity index (χ0n) is 14.5. The average Bonchev–Trinajstić information content (AvgIpc) is 2.60. The predicted octanol–water partition coefficient (Wildman–Crippen LogP) is 3.59. The van der Waals surface area contributed by atoms with Gasteiger partial charge in [-0.3, -0.25) is 4.79 Å². The first-order chi connectivity index (χ1) is 11.6. The summed E-state index contributed by atoms with van der Waals surface area (Å²) in [7, 11) is 4.72. The number of carbonyl (C=O) groups is 1. The van der Waals surface area contributed by atoms with Crippen LogP contribution in [0.1, 0.15) is 17.5 Å². The fourth-order valence-corrected chi connectivity index (χ4v) is 2.46. The van der Waals surface area contributed by atoms with E-state index in [4.69, 9.17) is 14.2 Å². The maximum absolute atomic E-state index is 12.2. The van der Waals surface area contributed by atoms with E-state index in [2.05, 4.69) is 5.32 Å². The van der Waals surface area contributed by atoms with Crippen LogP contribution in [-0.2, 0) is 11.2 Å². The van der Waals surface area contributed by atoms with Gasteiger partial charge >= 0.3 is 0 Å². The largest absolute Gasteiger partial charge is 0.493 e. The summed E-state index contributed by atoms with van der Waals surface area (Å²) in [5.74, 6) is 1.70. The summed E-state index contributed by atoms with van der Waals surface area (Å²) in [5, 5.41) is 2.93. The number of ether oxygens (including phenoxy) is 3. The van der Waals surface area contributed by atoms with Gasteiger partial charge in [0.05, 0.1) is 21.3 Å². The molecule has 0 aliphatic heterocycles. The number of rotatable bonds is 7. The topological polar surface area (TPSA) is 56.8 Å². The van der Waals surface area contributed by atoms with E-state index in [-0.39, 0.29) is 5.91 Å². The molecule has 0 aromatic heterocycles. The van der Waals surface area contributed by atoms with Gasteiger partial charge in [0, 0.05) is 12.1 Å². The van der Waals surface area contributed by atoms with Gasteiger partial charge in [-0.05, 0) is 42.7 Å². The normalized spacial score (nSPS) is 10.2. The van der Waals surface area contributed by atoms with E-state index in [1.54, 1.807) is 21.3 Å². The molecule has 5 heteroatoms. The molecule has 24 heavy (non-hydrogen) atoms. The van der Waals surface area contributed by atoms with Crippen molar-refractivity contribution in [3.05, 3.63) is 47.5 Å². The number of methoxy groups -OCH3 is 3. The van der Waals surface area contributed by atoms with E-state index in [1.807, 2.05) is 43.3 Å². The molecule has 0 spiro atoms. The average molecular weight is 329 g/mol. The van der Waals surface area contributed by atoms with Gasteiger partial charge in [0.15, 0.2) is 11.5 Å². The second kappa shape index (κ2) is 8.24. The smallest absolute Gasteiger partial charge is 0.224 e. The van der Waals surface area contributed by atoms with E-state index in [0.29, 0.717) is 30.1 Å². The van der Waals surface area contributed by atoms with Crippen LogP contribution in [0.4, 0.5) is 5.69 Å². The molecule has 128 valence electrons. The van der Waals surface area contributed by atoms with Gasteiger partial charge < -0.3 is 19.5 Å². The SMILES string of the molecule is COc1cc(CCC(=O)Nc2ccccc2C)cc(OC)c1OC. The Labute approximate surface area is 142 Å². The zero-order chi connectivity index (χ0) is 17.5. The summed E-state index contributed by atoms with van der Waals surface area (Å²) in [4.78, 5) is 12.2. The fraction of sp³-hybridized carbons (Fsp3) is 0.316. The van der Waals surface area contributed by atoms with Crippen LogP contribution in [0.2, 0.25) is 0 Å². The summed E-state index contributed by atoms with van der Waals surface area (Å²) in [6, 6.07) is 11.4. The van der Waals surface area contributed by atoms with Crippen molar-refractivity contribution < 1.29 is 19.0 Å². The second-order valence-corrected chi connectivity index (χ2v) is 5.40. The van der Waals surface area contributed by atoms with Crippen LogP contribution in [0, 0.1) is 6.92 Å². The maximum atomic E-state index is 12.2. The van der Waals surface area contributed by atoms with Gasteiger partial charge in [-0.25, -0.2) is 0 Å². The molecule has 0 atom stereocenters. The van der Waals surface area contributed by atoms with Crippen molar-refractivity contribution in [3.8, 4) is 17.2 Å². The van der Waals surface area contributed by atoms with Crippen molar-refractivity contribution >= 4 is 11.6 Å². The minimum atomic E-state index is -0.0296. The van der Waals surface area contributed by atoms with Gasteiger partial charge in [0.25, 0.3) is 0 Å². The molecule has 0 fully saturated rings. The molecule has 0 unspecified atom stereocenters. The van der Waals surface area contributed by atoms with E-state index in [9.17, 15) is 4.79 Å². The number of amides is 1. The highest BCUT2D eigenvalue weighted by Crippen LogP contribution is 2.38. The molecule has 2 aromatic carbocycles. The van der Waals surface area contributed by atoms with Crippen LogP contribution in [-0.4, -0.2) is 27.2 Å². The second-order valence-electron chi connectivity index (χ2n) is 5.40. The van der Waals surface area contributed by atoms with Crippen molar-refractivity contribution in [3.63, 3.8) is 0 Å². The number of hydrogen-bond donors (Lipinski definition) is 1. The summed E-state index contributed by atoms with van der Waals surface area (Å²) in [6.45, 7) is 1.97. The molecule has 0 heterocycles. The lowest BCUT2D eigenvalue weighted by molar-refractivity contribution is -0.116. The Balaban J connectivity index is 2.06. The van der Waals surface area contributed by atoms with Crippen molar-refractivity contribution in [2.75, 3.05) is 26.6 Å². The van der Waals surface area contributed by atoms with E-state index < -0.39 is 0 Å². The summed E-state index contributed by atoms with van der Waals surface area (Å²) < 4.78 is 16.0. The first-order valence-corrected chi connectivity index (χ1v) is 7.73. The Morgan fingerprint density at radius 1 is 1.00 bits per heavy atom. The van der Waals surface area contributed by atoms with Crippen LogP contribution in [0.15, 0.2) is 36.4 Å². The highest BCUT2D eigenvalue weighted by molar-refractivity contribution is 5.91. The molecule has 1 N–H and O–H groups in total. The first kappa shape index (κ1) is 17.7. The minimum Gasteiger partial charge on any atom is -0.493 e. The third kappa shape index (κ3) is 4.19. The molecular formula is C19H23NO4. The summed E-state index contributed by atoms with van der Waals surface area (Å²) >= 11 is 0. The lowest BCUT2D eigenvalue weighted by Gasteiger charge is -2.14. The number of carbonyl (C=O) groups excluding carboxylic acids is 1. The van der Waals surface area contributed by atoms with Crippen molar-refractivity contribution in [1.82, 2.24) is 0 Å². The summed E-state index contributed by atoms with van der Waals surface area (Å²) in [5.41, 5.74) is 2.83. The van der Waals surface area contributed by atoms with Crippen molar-refractivity contribution in [2.24, 2.45) is 0 Å². The maximum Gasteiger partial charge on any atom is 0.224 e. The number of hydrogen-bond acceptors (Lipinski definition) is 4. The lowest BCUT2D eigenvalue weighted by atomic mass is 10.1. The van der Waals surface area contributed by atoms with Crippen LogP contribution >= 0.6 is 0 Å². The van der Waals surface area contributed by atoms with E-state index in [0.717, 1.165) is 16.8 Å². The minimum absolute atomic E-state index is 0.0296. The van der Waals surface area contributed by atoms with Crippen LogP contribution in [0.3, 0.4) is 0 Å². The van der Waals surface area contributed by atoms with Gasteiger partial charge in [-0.2, -0.15) is 0 Å². The zero-order valence-corrected chi connectivity index (χ0v) is 14.5. The van der Waals surface area contributed by atoms with Gasteiger partial charge in [-0.1, -0.05) is 18.2 Å². The molecular weight excluding hydrogens is 306 g/mol. The molecule has 2 rings (SSSR count). The Morgan fingerprint density at radius 3 is 2.17 bits per heavy atom. The molecule has 1 amide bonds. The number of para-hydroxylation sites is 1. The molecule has 0 bridgehead atoms. The fourth-order valence-electron chi connectivity index (χ4n) is 2.46. The standard InChI is InChI=1S/C19H23NO4/c1-13-7-5-6-8-15(13)20-18(21)10-9-14-11-16(22-2)19(24-4)17(12-14)23-3/h5-8,11-12H,9-10H2,1-4H3,(H,20,21). The van der Waals surface area contributed by atoms with E-state index in [1.165, 1.54) is 0 Å². The highest BCUT2D eigenvalue weighted by Gasteiger charge is 2.14. The van der Waals surface area contributed by atoms with Crippen LogP contribution in [0.25, 0.3) is 0 Å². The van der Waals surface area contributed by atoms with Crippen LogP contribution in [0.5, 0.6) is 17.2 Å². The molecule has 0 saturated carbocycles. The van der Waals surface area contributed by atoms with Crippen molar-refractivity contribution in [2.45, 2.75) is 19.8 Å². The van der Waals surface area contributed by atoms with Crippen LogP contribution < -0.4 is 19.5 Å². The van der Waals surface area contributed by atoms with Gasteiger partial charge in [0.2, 0.25) is 11.7 Å². The number of benzene rings is 2. The lowest BCUT2D eigenvalue weighted by Crippen LogP contribution is -2.13. The number of nitrogens with one attached hydrogen (secondary N) is 1. The summed E-state index contributed by atoms with van der Waals surface area (Å²) in [6.07, 6.45) is 0.946. The predicted molar refractivity (Wildman–Crippen MR) is 94.2 cm³/mol. The molecule has 5 nitrogen and oxygen atoms in total. The Morgan fingerprint density at radius 2 is 1.62 bits per heavy atom. The number of anilines is 1.